The van der Waals surface area contributed by atoms with Crippen LogP contribution in [0.5, 0.6) is 5.75 Å². The summed E-state index contributed by atoms with van der Waals surface area (Å²) in [5.41, 5.74) is 1.66. The molecule has 1 atom stereocenters. The van der Waals surface area contributed by atoms with Gasteiger partial charge < -0.3 is 9.84 Å². The van der Waals surface area contributed by atoms with Gasteiger partial charge in [-0.2, -0.15) is 0 Å². The molecule has 1 N–H and O–H groups in total. The minimum atomic E-state index is -0.699. The number of carbonyl (C=O) groups excluding carboxylic acids is 1. The van der Waals surface area contributed by atoms with Crippen LogP contribution in [-0.2, 0) is 9.53 Å². The van der Waals surface area contributed by atoms with Crippen molar-refractivity contribution in [1.29, 1.82) is 0 Å². The number of nitrogens with zero attached hydrogens (tertiary/aromatic N) is 2. The van der Waals surface area contributed by atoms with Crippen molar-refractivity contribution in [2.24, 2.45) is 4.99 Å². The molecule has 0 unspecified atom stereocenters. The van der Waals surface area contributed by atoms with E-state index in [-0.39, 0.29) is 22.4 Å². The van der Waals surface area contributed by atoms with Gasteiger partial charge in [0.1, 0.15) is 5.75 Å². The van der Waals surface area contributed by atoms with Crippen LogP contribution >= 0.6 is 50.6 Å². The summed E-state index contributed by atoms with van der Waals surface area (Å²) in [6.07, 6.45) is 3.24. The summed E-state index contributed by atoms with van der Waals surface area (Å²) >= 11 is 12.3. The van der Waals surface area contributed by atoms with Crippen LogP contribution in [0.4, 0.5) is 0 Å². The second kappa shape index (κ2) is 10.3. The van der Waals surface area contributed by atoms with Crippen molar-refractivity contribution in [2.75, 3.05) is 6.26 Å². The van der Waals surface area contributed by atoms with Crippen LogP contribution in [0.3, 0.4) is 0 Å². The van der Waals surface area contributed by atoms with Gasteiger partial charge in [-0.05, 0) is 62.9 Å². The molecule has 1 aromatic heterocycles. The van der Waals surface area contributed by atoms with Gasteiger partial charge in [-0.1, -0.05) is 51.0 Å². The molecule has 0 fully saturated rings. The summed E-state index contributed by atoms with van der Waals surface area (Å²) in [5, 5.41) is 10.6. The van der Waals surface area contributed by atoms with E-state index in [2.05, 4.69) is 20.9 Å². The van der Waals surface area contributed by atoms with E-state index in [1.807, 2.05) is 30.5 Å². The highest BCUT2D eigenvalue weighted by atomic mass is 79.9. The predicted molar refractivity (Wildman–Crippen MR) is 144 cm³/mol. The maximum Gasteiger partial charge on any atom is 0.338 e. The molecule has 2 aromatic carbocycles. The number of ether oxygens (including phenoxy) is 1. The molecule has 0 saturated heterocycles. The molecule has 182 valence electrons. The van der Waals surface area contributed by atoms with E-state index in [4.69, 9.17) is 16.3 Å². The summed E-state index contributed by atoms with van der Waals surface area (Å²) in [5.74, 6) is -0.631. The largest absolute Gasteiger partial charge is 0.506 e. The molecule has 1 aliphatic heterocycles. The molecule has 0 aliphatic carbocycles. The number of rotatable bonds is 5. The Morgan fingerprint density at radius 3 is 2.63 bits per heavy atom. The quantitative estimate of drug-likeness (QED) is 0.332. The zero-order chi connectivity index (χ0) is 25.4. The first kappa shape index (κ1) is 25.8. The van der Waals surface area contributed by atoms with E-state index in [0.29, 0.717) is 30.6 Å². The predicted octanol–water partition coefficient (Wildman–Crippen LogP) is 5.03. The molecule has 2 heterocycles. The van der Waals surface area contributed by atoms with Crippen LogP contribution in [0.1, 0.15) is 37.9 Å². The number of fused-ring (bicyclic) bond motifs is 1. The zero-order valence-corrected chi connectivity index (χ0v) is 23.3. The summed E-state index contributed by atoms with van der Waals surface area (Å²) in [4.78, 5) is 32.9. The maximum absolute atomic E-state index is 13.7. The number of benzene rings is 2. The smallest absolute Gasteiger partial charge is 0.338 e. The number of hydrogen-bond donors (Lipinski definition) is 1. The number of aromatic hydroxyl groups is 1. The van der Waals surface area contributed by atoms with Gasteiger partial charge in [-0.25, -0.2) is 9.79 Å². The Hall–Kier alpha value is -2.33. The van der Waals surface area contributed by atoms with Gasteiger partial charge in [0.15, 0.2) is 4.80 Å². The van der Waals surface area contributed by atoms with Crippen LogP contribution in [0.25, 0.3) is 6.08 Å². The third kappa shape index (κ3) is 5.14. The molecule has 4 rings (SSSR count). The number of aromatic nitrogens is 1. The van der Waals surface area contributed by atoms with Gasteiger partial charge in [0.05, 0.1) is 33.0 Å². The fourth-order valence-corrected chi connectivity index (χ4v) is 6.08. The van der Waals surface area contributed by atoms with Crippen LogP contribution in [0.2, 0.25) is 5.02 Å². The van der Waals surface area contributed by atoms with E-state index in [0.717, 1.165) is 10.5 Å². The topological polar surface area (TPSA) is 80.9 Å². The fraction of sp³-hybridized carbons (Fsp3) is 0.240. The lowest BCUT2D eigenvalue weighted by Gasteiger charge is -2.25. The van der Waals surface area contributed by atoms with Gasteiger partial charge in [0.2, 0.25) is 0 Å². The maximum atomic E-state index is 13.7. The van der Waals surface area contributed by atoms with Crippen molar-refractivity contribution < 1.29 is 14.6 Å². The Morgan fingerprint density at radius 2 is 2.00 bits per heavy atom. The minimum absolute atomic E-state index is 0.123. The number of hydrogen-bond acceptors (Lipinski definition) is 7. The second-order valence-electron chi connectivity index (χ2n) is 8.13. The Kier molecular flexibility index (Phi) is 7.61. The number of phenolic OH excluding ortho intramolecular Hbond substituents is 1. The van der Waals surface area contributed by atoms with Crippen molar-refractivity contribution in [3.8, 4) is 5.75 Å². The molecular formula is C25H22BrClN2O4S2. The van der Waals surface area contributed by atoms with E-state index < -0.39 is 12.0 Å². The number of carbonyl (C=O) groups is 1. The number of thiazole rings is 1. The van der Waals surface area contributed by atoms with Gasteiger partial charge in [-0.15, -0.1) is 11.8 Å². The van der Waals surface area contributed by atoms with Gasteiger partial charge >= 0.3 is 5.97 Å². The average molecular weight is 594 g/mol. The SMILES string of the molecule is CSc1ccc([C@H]2C(C(=O)OC(C)C)=C(C)N=c3s/c(=C\c4cc(Br)cc(Cl)c4O)c(=O)n32)cc1. The number of thioether (sulfide) groups is 1. The van der Waals surface area contributed by atoms with Crippen LogP contribution in [-0.4, -0.2) is 28.0 Å². The molecule has 10 heteroatoms. The summed E-state index contributed by atoms with van der Waals surface area (Å²) in [6.45, 7) is 5.30. The van der Waals surface area contributed by atoms with Gasteiger partial charge in [-0.3, -0.25) is 9.36 Å². The first-order valence-electron chi connectivity index (χ1n) is 10.7. The third-order valence-electron chi connectivity index (χ3n) is 5.36. The fourth-order valence-electron chi connectivity index (χ4n) is 3.80. The van der Waals surface area contributed by atoms with E-state index in [1.54, 1.807) is 50.7 Å². The van der Waals surface area contributed by atoms with Crippen molar-refractivity contribution >= 4 is 62.7 Å². The summed E-state index contributed by atoms with van der Waals surface area (Å²) < 4.78 is 8.06. The average Bonchev–Trinajstić information content (AvgIpc) is 3.10. The molecule has 35 heavy (non-hydrogen) atoms. The highest BCUT2D eigenvalue weighted by molar-refractivity contribution is 9.10. The standard InChI is InChI=1S/C25H22BrClN2O4S2/c1-12(2)33-24(32)20-13(3)28-25-29(21(20)14-5-7-17(34-4)8-6-14)23(31)19(35-25)10-15-9-16(26)11-18(27)22(15)30/h5-12,21,30H,1-4H3/b19-10-/t21-/m0/s1. The van der Waals surface area contributed by atoms with Crippen LogP contribution < -0.4 is 14.9 Å². The van der Waals surface area contributed by atoms with E-state index in [1.165, 1.54) is 15.9 Å². The van der Waals surface area contributed by atoms with Crippen molar-refractivity contribution in [3.05, 3.63) is 88.0 Å². The van der Waals surface area contributed by atoms with Crippen molar-refractivity contribution in [3.63, 3.8) is 0 Å². The molecule has 0 spiro atoms. The molecule has 0 bridgehead atoms. The molecule has 1 aliphatic rings. The molecule has 0 amide bonds. The third-order valence-corrected chi connectivity index (χ3v) is 7.83. The van der Waals surface area contributed by atoms with E-state index >= 15 is 0 Å². The molecule has 3 aromatic rings. The number of esters is 1. The first-order valence-corrected chi connectivity index (χ1v) is 13.9. The second-order valence-corrected chi connectivity index (χ2v) is 11.3. The van der Waals surface area contributed by atoms with Crippen LogP contribution in [0, 0.1) is 0 Å². The Balaban J connectivity index is 1.96. The monoisotopic (exact) mass is 592 g/mol. The number of halogens is 2. The highest BCUT2D eigenvalue weighted by Crippen LogP contribution is 2.33. The summed E-state index contributed by atoms with van der Waals surface area (Å²) in [7, 11) is 0. The number of phenols is 1. The zero-order valence-electron chi connectivity index (χ0n) is 19.3. The lowest BCUT2D eigenvalue weighted by atomic mass is 9.96. The van der Waals surface area contributed by atoms with Crippen molar-refractivity contribution in [1.82, 2.24) is 4.57 Å². The lowest BCUT2D eigenvalue weighted by Crippen LogP contribution is -2.40. The van der Waals surface area contributed by atoms with E-state index in [9.17, 15) is 14.7 Å². The van der Waals surface area contributed by atoms with Crippen LogP contribution in [0.15, 0.2) is 66.8 Å². The molecule has 0 saturated carbocycles. The number of allylic oxidation sites excluding steroid dienone is 1. The highest BCUT2D eigenvalue weighted by Gasteiger charge is 2.33. The Morgan fingerprint density at radius 1 is 1.31 bits per heavy atom. The lowest BCUT2D eigenvalue weighted by molar-refractivity contribution is -0.143. The molecule has 6 nitrogen and oxygen atoms in total. The molecule has 0 radical (unpaired) electrons. The normalized spacial score (nSPS) is 15.9. The van der Waals surface area contributed by atoms with Gasteiger partial charge in [0, 0.05) is 14.9 Å². The first-order chi connectivity index (χ1) is 16.6. The minimum Gasteiger partial charge on any atom is -0.506 e. The Labute approximate surface area is 223 Å². The Bertz CT molecular complexity index is 1520. The molecular weight excluding hydrogens is 572 g/mol. The summed E-state index contributed by atoms with van der Waals surface area (Å²) in [6, 6.07) is 10.3. The van der Waals surface area contributed by atoms with Gasteiger partial charge in [0.25, 0.3) is 5.56 Å². The van der Waals surface area contributed by atoms with Crippen molar-refractivity contribution in [2.45, 2.75) is 37.8 Å².